The van der Waals surface area contributed by atoms with E-state index in [4.69, 9.17) is 45.5 Å². The molecule has 0 spiro atoms. The Morgan fingerprint density at radius 1 is 0.649 bits per heavy atom. The first-order valence-electron chi connectivity index (χ1n) is 19.4. The summed E-state index contributed by atoms with van der Waals surface area (Å²) in [4.78, 5) is 30.0. The summed E-state index contributed by atoms with van der Waals surface area (Å²) in [6, 6.07) is 6.46. The van der Waals surface area contributed by atoms with Crippen LogP contribution in [0.1, 0.15) is 47.1 Å². The summed E-state index contributed by atoms with van der Waals surface area (Å²) < 4.78 is 59.8. The first-order valence-corrected chi connectivity index (χ1v) is 20.8. The van der Waals surface area contributed by atoms with Gasteiger partial charge in [0.25, 0.3) is 10.1 Å². The second kappa shape index (κ2) is 29.1. The third kappa shape index (κ3) is 28.8. The number of aryl methyl sites for hydroxylation is 1. The van der Waals surface area contributed by atoms with Crippen LogP contribution < -0.4 is 5.32 Å². The molecule has 0 saturated carbocycles. The average Bonchev–Trinajstić information content (AvgIpc) is 3.12. The van der Waals surface area contributed by atoms with E-state index in [9.17, 15) is 18.0 Å². The summed E-state index contributed by atoms with van der Waals surface area (Å²) in [5.74, 6) is 4.47. The van der Waals surface area contributed by atoms with Crippen LogP contribution in [-0.2, 0) is 52.3 Å². The Balaban J connectivity index is 0.000000440. The Morgan fingerprint density at radius 2 is 1.07 bits per heavy atom. The quantitative estimate of drug-likeness (QED) is 0.0884. The van der Waals surface area contributed by atoms with Gasteiger partial charge in [-0.15, -0.1) is 12.8 Å². The van der Waals surface area contributed by atoms with Gasteiger partial charge in [-0.3, -0.25) is 28.5 Å². The molecule has 0 unspecified atom stereocenters. The van der Waals surface area contributed by atoms with Gasteiger partial charge in [0.1, 0.15) is 24.4 Å². The number of carbonyl (C=O) groups excluding carboxylic acids is 2. The van der Waals surface area contributed by atoms with Gasteiger partial charge >= 0.3 is 11.9 Å². The smallest absolute Gasteiger partial charge is 0.320 e. The van der Waals surface area contributed by atoms with Crippen molar-refractivity contribution in [1.82, 2.24) is 20.0 Å². The minimum Gasteiger partial charge on any atom is -0.459 e. The van der Waals surface area contributed by atoms with Gasteiger partial charge in [0.2, 0.25) is 0 Å². The Bertz CT molecular complexity index is 1440. The number of ether oxygens (including phenoxy) is 6. The third-order valence-corrected chi connectivity index (χ3v) is 8.99. The molecule has 0 bridgehead atoms. The zero-order valence-corrected chi connectivity index (χ0v) is 36.2. The van der Waals surface area contributed by atoms with Gasteiger partial charge in [-0.2, -0.15) is 8.42 Å². The zero-order valence-electron chi connectivity index (χ0n) is 35.3. The van der Waals surface area contributed by atoms with Crippen molar-refractivity contribution in [2.24, 2.45) is 0 Å². The van der Waals surface area contributed by atoms with Crippen LogP contribution in [0.4, 0.5) is 0 Å². The van der Waals surface area contributed by atoms with Crippen LogP contribution >= 0.6 is 0 Å². The molecule has 15 nitrogen and oxygen atoms in total. The maximum Gasteiger partial charge on any atom is 0.320 e. The van der Waals surface area contributed by atoms with Gasteiger partial charge in [0.05, 0.1) is 64.2 Å². The highest BCUT2D eigenvalue weighted by Crippen LogP contribution is 2.13. The van der Waals surface area contributed by atoms with Gasteiger partial charge in [-0.05, 0) is 60.6 Å². The normalized spacial score (nSPS) is 15.5. The van der Waals surface area contributed by atoms with E-state index in [1.807, 2.05) is 48.5 Å². The van der Waals surface area contributed by atoms with E-state index in [0.717, 1.165) is 64.5 Å². The van der Waals surface area contributed by atoms with Crippen LogP contribution in [0.3, 0.4) is 0 Å². The van der Waals surface area contributed by atoms with E-state index >= 15 is 0 Å². The molecule has 2 heterocycles. The van der Waals surface area contributed by atoms with Crippen LogP contribution in [0.5, 0.6) is 0 Å². The summed E-state index contributed by atoms with van der Waals surface area (Å²) in [5.41, 5.74) is 0.199. The molecule has 0 aliphatic carbocycles. The molecule has 1 aromatic rings. The molecule has 3 rings (SSSR count). The molecule has 0 atom stereocenters. The highest BCUT2D eigenvalue weighted by Gasteiger charge is 2.23. The highest BCUT2D eigenvalue weighted by molar-refractivity contribution is 7.86. The van der Waals surface area contributed by atoms with Gasteiger partial charge in [0, 0.05) is 58.9 Å². The summed E-state index contributed by atoms with van der Waals surface area (Å²) in [7, 11) is -3.72. The Hall–Kier alpha value is -3.13. The lowest BCUT2D eigenvalue weighted by atomic mass is 10.2. The monoisotopic (exact) mass is 824 g/mol. The Kier molecular flexibility index (Phi) is 26.5. The van der Waals surface area contributed by atoms with E-state index in [1.54, 1.807) is 12.1 Å². The molecular weight excluding hydrogens is 757 g/mol. The molecule has 57 heavy (non-hydrogen) atoms. The van der Waals surface area contributed by atoms with E-state index < -0.39 is 15.7 Å². The maximum atomic E-state index is 11.8. The highest BCUT2D eigenvalue weighted by atomic mass is 32.2. The van der Waals surface area contributed by atoms with E-state index in [-0.39, 0.29) is 42.3 Å². The molecular formula is C41H68N4O11S. The number of benzene rings is 1. The fraction of sp³-hybridized carbons (Fsp3) is 0.707. The number of nitrogens with one attached hydrogen (secondary N) is 1. The van der Waals surface area contributed by atoms with Crippen LogP contribution in [0.25, 0.3) is 0 Å². The zero-order chi connectivity index (χ0) is 42.6. The van der Waals surface area contributed by atoms with Crippen molar-refractivity contribution >= 4 is 22.1 Å². The number of rotatable bonds is 20. The predicted octanol–water partition coefficient (Wildman–Crippen LogP) is 2.21. The van der Waals surface area contributed by atoms with Gasteiger partial charge in [-0.1, -0.05) is 29.5 Å². The Morgan fingerprint density at radius 3 is 1.54 bits per heavy atom. The molecule has 2 aliphatic rings. The fourth-order valence-corrected chi connectivity index (χ4v) is 5.92. The molecule has 0 aromatic heterocycles. The fourth-order valence-electron chi connectivity index (χ4n) is 5.02. The predicted molar refractivity (Wildman–Crippen MR) is 219 cm³/mol. The van der Waals surface area contributed by atoms with Crippen LogP contribution in [-0.4, -0.2) is 178 Å². The minimum atomic E-state index is -3.72. The first-order chi connectivity index (χ1) is 26.9. The molecule has 1 N–H and O–H groups in total. The molecule has 324 valence electrons. The number of carbonyl (C=O) groups is 2. The van der Waals surface area contributed by atoms with Gasteiger partial charge in [0.15, 0.2) is 0 Å². The molecule has 2 saturated heterocycles. The maximum absolute atomic E-state index is 11.8. The van der Waals surface area contributed by atoms with E-state index in [2.05, 4.69) is 31.9 Å². The summed E-state index contributed by atoms with van der Waals surface area (Å²) >= 11 is 0. The average molecular weight is 825 g/mol. The standard InChI is InChI=1S/C17H30N2O4.C14H18O5S.C10H20N2O2/c1-5-11-21-13-14-22-12-10-18-6-8-19(9-7-18)15-16(20)23-17(2,3)4;1-3-8-17-9-10-18-11-12-19-20(15,16)14-6-4-13(2)5-7-14;1-10(2,3)14-9(13)8-12-6-4-11-5-7-12/h1H,6-15H2,2-4H3;1,4-7H,8-12H2,2H3;11H,4-8H2,1-3H3. The van der Waals surface area contributed by atoms with Crippen molar-refractivity contribution < 1.29 is 50.6 Å². The van der Waals surface area contributed by atoms with Crippen molar-refractivity contribution in [1.29, 1.82) is 0 Å². The van der Waals surface area contributed by atoms with Gasteiger partial charge < -0.3 is 33.7 Å². The number of nitrogens with zero attached hydrogens (tertiary/aromatic N) is 3. The number of esters is 2. The summed E-state index contributed by atoms with van der Waals surface area (Å²) in [6.07, 6.45) is 10.1. The van der Waals surface area contributed by atoms with E-state index in [0.29, 0.717) is 52.7 Å². The van der Waals surface area contributed by atoms with Crippen LogP contribution in [0.2, 0.25) is 0 Å². The number of terminal acetylenes is 2. The molecule has 16 heteroatoms. The summed E-state index contributed by atoms with van der Waals surface area (Å²) in [6.45, 7) is 25.5. The van der Waals surface area contributed by atoms with Crippen molar-refractivity contribution in [3.05, 3.63) is 29.8 Å². The Labute approximate surface area is 342 Å². The second-order valence-electron chi connectivity index (χ2n) is 15.1. The van der Waals surface area contributed by atoms with Crippen molar-refractivity contribution in [3.8, 4) is 24.7 Å². The number of piperazine rings is 2. The SMILES string of the molecule is C#CCOCCOCCN1CCN(CC(=O)OC(C)(C)C)CC1.C#CCOCCOCCOS(=O)(=O)c1ccc(C)cc1.CC(C)(C)OC(=O)CN1CCNCC1. The first kappa shape index (κ1) is 51.9. The van der Waals surface area contributed by atoms with Crippen molar-refractivity contribution in [2.45, 2.75) is 64.6 Å². The van der Waals surface area contributed by atoms with Crippen LogP contribution in [0, 0.1) is 31.6 Å². The summed E-state index contributed by atoms with van der Waals surface area (Å²) in [5, 5.41) is 3.24. The lowest BCUT2D eigenvalue weighted by Crippen LogP contribution is -2.49. The van der Waals surface area contributed by atoms with Crippen LogP contribution in [0.15, 0.2) is 29.2 Å². The molecule has 2 fully saturated rings. The second-order valence-corrected chi connectivity index (χ2v) is 16.8. The molecule has 0 radical (unpaired) electrons. The van der Waals surface area contributed by atoms with Gasteiger partial charge in [-0.25, -0.2) is 0 Å². The molecule has 2 aliphatic heterocycles. The third-order valence-electron chi connectivity index (χ3n) is 7.66. The van der Waals surface area contributed by atoms with Crippen molar-refractivity contribution in [2.75, 3.05) is 131 Å². The lowest BCUT2D eigenvalue weighted by Gasteiger charge is -2.34. The van der Waals surface area contributed by atoms with E-state index in [1.165, 1.54) is 12.1 Å². The number of hydrogen-bond acceptors (Lipinski definition) is 15. The topological polar surface area (TPSA) is 155 Å². The lowest BCUT2D eigenvalue weighted by molar-refractivity contribution is -0.157. The van der Waals surface area contributed by atoms with Crippen molar-refractivity contribution in [3.63, 3.8) is 0 Å². The molecule has 1 aromatic carbocycles. The number of hydrogen-bond donors (Lipinski definition) is 1. The minimum absolute atomic E-state index is 0.0364. The largest absolute Gasteiger partial charge is 0.459 e. The molecule has 0 amide bonds.